The standard InChI is InChI=1S/C16H28N4O/c1-13-8-9-15(21-13)14(20-10-6-7-11-20)12-17-16(18(2)3)19(4)5/h8-9,14H,6-7,10-12H2,1-5H3. The molecule has 5 heteroatoms. The molecule has 1 aliphatic heterocycles. The summed E-state index contributed by atoms with van der Waals surface area (Å²) in [7, 11) is 8.11. The van der Waals surface area contributed by atoms with Crippen LogP contribution in [-0.4, -0.2) is 68.5 Å². The molecule has 0 aliphatic carbocycles. The largest absolute Gasteiger partial charge is 0.465 e. The van der Waals surface area contributed by atoms with Crippen molar-refractivity contribution in [1.82, 2.24) is 14.7 Å². The summed E-state index contributed by atoms with van der Waals surface area (Å²) in [6, 6.07) is 4.39. The summed E-state index contributed by atoms with van der Waals surface area (Å²) in [5.74, 6) is 3.00. The number of likely N-dealkylation sites (tertiary alicyclic amines) is 1. The second-order valence-corrected chi connectivity index (χ2v) is 6.14. The quantitative estimate of drug-likeness (QED) is 0.629. The van der Waals surface area contributed by atoms with Gasteiger partial charge in [0.2, 0.25) is 0 Å². The van der Waals surface area contributed by atoms with Gasteiger partial charge < -0.3 is 14.2 Å². The van der Waals surface area contributed by atoms with Crippen LogP contribution in [0.1, 0.15) is 30.4 Å². The Balaban J connectivity index is 2.18. The van der Waals surface area contributed by atoms with E-state index >= 15 is 0 Å². The van der Waals surface area contributed by atoms with E-state index in [0.717, 1.165) is 37.1 Å². The van der Waals surface area contributed by atoms with E-state index in [1.807, 2.05) is 41.2 Å². The van der Waals surface area contributed by atoms with E-state index in [-0.39, 0.29) is 6.04 Å². The van der Waals surface area contributed by atoms with Gasteiger partial charge in [-0.1, -0.05) is 0 Å². The summed E-state index contributed by atoms with van der Waals surface area (Å²) in [6.07, 6.45) is 2.54. The zero-order valence-electron chi connectivity index (χ0n) is 14.0. The van der Waals surface area contributed by atoms with Gasteiger partial charge in [-0.25, -0.2) is 0 Å². The molecule has 0 radical (unpaired) electrons. The maximum atomic E-state index is 5.87. The van der Waals surface area contributed by atoms with E-state index in [1.54, 1.807) is 0 Å². The van der Waals surface area contributed by atoms with Crippen LogP contribution in [0, 0.1) is 6.92 Å². The lowest BCUT2D eigenvalue weighted by molar-refractivity contribution is 0.218. The van der Waals surface area contributed by atoms with Crippen LogP contribution < -0.4 is 0 Å². The van der Waals surface area contributed by atoms with Gasteiger partial charge in [0, 0.05) is 28.2 Å². The molecule has 1 saturated heterocycles. The third-order valence-corrected chi connectivity index (χ3v) is 3.88. The van der Waals surface area contributed by atoms with Crippen LogP contribution >= 0.6 is 0 Å². The van der Waals surface area contributed by atoms with Gasteiger partial charge in [0.15, 0.2) is 5.96 Å². The molecule has 0 bridgehead atoms. The normalized spacial score (nSPS) is 16.8. The smallest absolute Gasteiger partial charge is 0.195 e. The van der Waals surface area contributed by atoms with Crippen molar-refractivity contribution in [2.75, 3.05) is 47.8 Å². The lowest BCUT2D eigenvalue weighted by atomic mass is 10.2. The molecule has 1 atom stereocenters. The Morgan fingerprint density at radius 1 is 1.19 bits per heavy atom. The molecule has 0 saturated carbocycles. The zero-order valence-corrected chi connectivity index (χ0v) is 14.0. The van der Waals surface area contributed by atoms with Crippen LogP contribution in [0.15, 0.2) is 21.5 Å². The molecule has 0 amide bonds. The summed E-state index contributed by atoms with van der Waals surface area (Å²) in [5.41, 5.74) is 0. The van der Waals surface area contributed by atoms with Crippen molar-refractivity contribution in [2.45, 2.75) is 25.8 Å². The first-order valence-corrected chi connectivity index (χ1v) is 7.68. The van der Waals surface area contributed by atoms with Crippen LogP contribution in [0.3, 0.4) is 0 Å². The van der Waals surface area contributed by atoms with E-state index in [2.05, 4.69) is 20.8 Å². The Morgan fingerprint density at radius 2 is 1.81 bits per heavy atom. The fraction of sp³-hybridized carbons (Fsp3) is 0.688. The number of hydrogen-bond donors (Lipinski definition) is 0. The summed E-state index contributed by atoms with van der Waals surface area (Å²) in [5, 5.41) is 0. The van der Waals surface area contributed by atoms with E-state index in [0.29, 0.717) is 0 Å². The fourth-order valence-electron chi connectivity index (χ4n) is 2.92. The highest BCUT2D eigenvalue weighted by atomic mass is 16.3. The lowest BCUT2D eigenvalue weighted by Gasteiger charge is -2.27. The third kappa shape index (κ3) is 4.00. The van der Waals surface area contributed by atoms with E-state index in [9.17, 15) is 0 Å². The van der Waals surface area contributed by atoms with Gasteiger partial charge in [0.25, 0.3) is 0 Å². The van der Waals surface area contributed by atoms with E-state index in [4.69, 9.17) is 9.41 Å². The van der Waals surface area contributed by atoms with Gasteiger partial charge in [-0.2, -0.15) is 0 Å². The van der Waals surface area contributed by atoms with Crippen LogP contribution in [0.4, 0.5) is 0 Å². The predicted molar refractivity (Wildman–Crippen MR) is 86.7 cm³/mol. The van der Waals surface area contributed by atoms with Crippen molar-refractivity contribution in [3.8, 4) is 0 Å². The monoisotopic (exact) mass is 292 g/mol. The van der Waals surface area contributed by atoms with Crippen LogP contribution in [0.25, 0.3) is 0 Å². The molecule has 21 heavy (non-hydrogen) atoms. The first-order valence-electron chi connectivity index (χ1n) is 7.68. The van der Waals surface area contributed by atoms with Crippen molar-refractivity contribution in [3.63, 3.8) is 0 Å². The zero-order chi connectivity index (χ0) is 15.4. The molecule has 1 aromatic heterocycles. The molecule has 0 N–H and O–H groups in total. The van der Waals surface area contributed by atoms with E-state index < -0.39 is 0 Å². The molecule has 2 heterocycles. The van der Waals surface area contributed by atoms with Crippen molar-refractivity contribution < 1.29 is 4.42 Å². The maximum absolute atomic E-state index is 5.87. The maximum Gasteiger partial charge on any atom is 0.195 e. The topological polar surface area (TPSA) is 35.2 Å². The highest BCUT2D eigenvalue weighted by molar-refractivity contribution is 5.79. The molecular formula is C16H28N4O. The molecule has 0 spiro atoms. The summed E-state index contributed by atoms with van der Waals surface area (Å²) >= 11 is 0. The second kappa shape index (κ2) is 6.98. The molecule has 1 unspecified atom stereocenters. The minimum absolute atomic E-state index is 0.246. The first kappa shape index (κ1) is 15.9. The summed E-state index contributed by atoms with van der Waals surface area (Å²) in [4.78, 5) is 11.4. The third-order valence-electron chi connectivity index (χ3n) is 3.88. The second-order valence-electron chi connectivity index (χ2n) is 6.14. The van der Waals surface area contributed by atoms with Crippen LogP contribution in [0.5, 0.6) is 0 Å². The minimum Gasteiger partial charge on any atom is -0.465 e. The summed E-state index contributed by atoms with van der Waals surface area (Å²) in [6.45, 7) is 5.01. The molecule has 118 valence electrons. The molecule has 1 aromatic rings. The molecule has 1 aliphatic rings. The van der Waals surface area contributed by atoms with Crippen molar-refractivity contribution in [1.29, 1.82) is 0 Å². The summed E-state index contributed by atoms with van der Waals surface area (Å²) < 4.78 is 5.87. The Morgan fingerprint density at radius 3 is 2.29 bits per heavy atom. The highest BCUT2D eigenvalue weighted by Gasteiger charge is 2.26. The molecular weight excluding hydrogens is 264 g/mol. The van der Waals surface area contributed by atoms with Crippen molar-refractivity contribution in [2.24, 2.45) is 4.99 Å². The number of hydrogen-bond acceptors (Lipinski definition) is 3. The fourth-order valence-corrected chi connectivity index (χ4v) is 2.92. The highest BCUT2D eigenvalue weighted by Crippen LogP contribution is 2.27. The number of aryl methyl sites for hydroxylation is 1. The first-order chi connectivity index (χ1) is 9.99. The van der Waals surface area contributed by atoms with Gasteiger partial charge in [-0.3, -0.25) is 9.89 Å². The number of rotatable bonds is 4. The van der Waals surface area contributed by atoms with Gasteiger partial charge in [0.05, 0.1) is 12.6 Å². The minimum atomic E-state index is 0.246. The Bertz CT molecular complexity index is 462. The van der Waals surface area contributed by atoms with Gasteiger partial charge >= 0.3 is 0 Å². The Hall–Kier alpha value is -1.49. The van der Waals surface area contributed by atoms with E-state index in [1.165, 1.54) is 12.8 Å². The van der Waals surface area contributed by atoms with Crippen molar-refractivity contribution in [3.05, 3.63) is 23.7 Å². The predicted octanol–water partition coefficient (Wildman–Crippen LogP) is 2.20. The van der Waals surface area contributed by atoms with Gasteiger partial charge in [0.1, 0.15) is 11.5 Å². The number of nitrogens with zero attached hydrogens (tertiary/aromatic N) is 4. The van der Waals surface area contributed by atoms with Gasteiger partial charge in [-0.05, 0) is 45.0 Å². The van der Waals surface area contributed by atoms with Crippen molar-refractivity contribution >= 4 is 5.96 Å². The van der Waals surface area contributed by atoms with Gasteiger partial charge in [-0.15, -0.1) is 0 Å². The lowest BCUT2D eigenvalue weighted by Crippen LogP contribution is -2.36. The molecule has 2 rings (SSSR count). The molecule has 0 aromatic carbocycles. The Kier molecular flexibility index (Phi) is 5.28. The van der Waals surface area contributed by atoms with Crippen LogP contribution in [0.2, 0.25) is 0 Å². The molecule has 5 nitrogen and oxygen atoms in total. The average Bonchev–Trinajstić information content (AvgIpc) is 3.05. The average molecular weight is 292 g/mol. The van der Waals surface area contributed by atoms with Crippen LogP contribution in [-0.2, 0) is 0 Å². The molecule has 1 fully saturated rings. The Labute approximate surface area is 128 Å². The number of guanidine groups is 1. The SMILES string of the molecule is Cc1ccc(C(CN=C(N(C)C)N(C)C)N2CCCC2)o1. The number of furan rings is 1. The number of aliphatic imine (C=N–C) groups is 1.